The number of hydrogen-bond donors (Lipinski definition) is 0. The van der Waals surface area contributed by atoms with E-state index in [1.165, 1.54) is 0 Å². The molecule has 1 heterocycles. The Morgan fingerprint density at radius 3 is 2.52 bits per heavy atom. The molecule has 27 heavy (non-hydrogen) atoms. The van der Waals surface area contributed by atoms with Crippen LogP contribution in [0.2, 0.25) is 0 Å². The van der Waals surface area contributed by atoms with E-state index in [2.05, 4.69) is 4.98 Å². The van der Waals surface area contributed by atoms with Crippen LogP contribution in [0.15, 0.2) is 67.3 Å². The molecule has 0 atom stereocenters. The van der Waals surface area contributed by atoms with Crippen molar-refractivity contribution in [2.45, 2.75) is 20.4 Å². The Morgan fingerprint density at radius 2 is 1.85 bits per heavy atom. The fraction of sp³-hybridized carbons (Fsp3) is 0.273. The Balaban J connectivity index is 1.66. The van der Waals surface area contributed by atoms with Gasteiger partial charge in [-0.3, -0.25) is 4.79 Å². The highest BCUT2D eigenvalue weighted by atomic mass is 16.5. The van der Waals surface area contributed by atoms with E-state index in [9.17, 15) is 4.79 Å². The van der Waals surface area contributed by atoms with Gasteiger partial charge in [-0.15, -0.1) is 0 Å². The van der Waals surface area contributed by atoms with Gasteiger partial charge in [0.2, 0.25) is 0 Å². The lowest BCUT2D eigenvalue weighted by molar-refractivity contribution is 0.0773. The highest BCUT2D eigenvalue weighted by Gasteiger charge is 2.13. The van der Waals surface area contributed by atoms with Crippen molar-refractivity contribution in [3.05, 3.63) is 72.8 Å². The first-order chi connectivity index (χ1) is 13.2. The van der Waals surface area contributed by atoms with E-state index < -0.39 is 0 Å². The summed E-state index contributed by atoms with van der Waals surface area (Å²) in [7, 11) is 0. The topological polar surface area (TPSA) is 47.4 Å². The Bertz CT molecular complexity index is 854. The minimum Gasteiger partial charge on any atom is -0.492 e. The standard InChI is InChI=1S/C22H25N3O2/c1-3-25(4-2)22(26)20-7-5-6-19(16-20)18-8-10-21(11-9-18)27-15-14-24-13-12-23-17-24/h5-13,16-17H,3-4,14-15H2,1-2H3. The summed E-state index contributed by atoms with van der Waals surface area (Å²) in [6.45, 7) is 6.77. The molecule has 0 unspecified atom stereocenters. The number of rotatable bonds is 8. The average Bonchev–Trinajstić information content (AvgIpc) is 3.23. The molecule has 0 radical (unpaired) electrons. The van der Waals surface area contributed by atoms with Crippen LogP contribution >= 0.6 is 0 Å². The maximum Gasteiger partial charge on any atom is 0.253 e. The van der Waals surface area contributed by atoms with E-state index in [1.54, 1.807) is 12.5 Å². The molecule has 5 heteroatoms. The zero-order valence-corrected chi connectivity index (χ0v) is 15.8. The molecule has 0 saturated carbocycles. The van der Waals surface area contributed by atoms with Gasteiger partial charge in [-0.05, 0) is 49.2 Å². The van der Waals surface area contributed by atoms with Crippen LogP contribution in [-0.4, -0.2) is 40.1 Å². The second kappa shape index (κ2) is 9.03. The molecule has 0 saturated heterocycles. The highest BCUT2D eigenvalue weighted by Crippen LogP contribution is 2.24. The summed E-state index contributed by atoms with van der Waals surface area (Å²) in [6.07, 6.45) is 5.45. The van der Waals surface area contributed by atoms with Crippen LogP contribution in [0.4, 0.5) is 0 Å². The van der Waals surface area contributed by atoms with Crippen LogP contribution < -0.4 is 4.74 Å². The molecule has 5 nitrogen and oxygen atoms in total. The van der Waals surface area contributed by atoms with Crippen LogP contribution in [0.5, 0.6) is 5.75 Å². The van der Waals surface area contributed by atoms with Crippen LogP contribution in [0, 0.1) is 0 Å². The first-order valence-electron chi connectivity index (χ1n) is 9.29. The molecule has 0 fully saturated rings. The molecule has 0 aliphatic rings. The van der Waals surface area contributed by atoms with E-state index in [4.69, 9.17) is 4.74 Å². The van der Waals surface area contributed by atoms with Gasteiger partial charge in [0.15, 0.2) is 0 Å². The first-order valence-corrected chi connectivity index (χ1v) is 9.29. The smallest absolute Gasteiger partial charge is 0.253 e. The quantitative estimate of drug-likeness (QED) is 0.605. The fourth-order valence-electron chi connectivity index (χ4n) is 2.96. The van der Waals surface area contributed by atoms with Gasteiger partial charge in [0, 0.05) is 31.0 Å². The molecular weight excluding hydrogens is 338 g/mol. The Hall–Kier alpha value is -3.08. The predicted octanol–water partition coefficient (Wildman–Crippen LogP) is 4.11. The van der Waals surface area contributed by atoms with Gasteiger partial charge < -0.3 is 14.2 Å². The van der Waals surface area contributed by atoms with Gasteiger partial charge >= 0.3 is 0 Å². The van der Waals surface area contributed by atoms with Crippen molar-refractivity contribution < 1.29 is 9.53 Å². The van der Waals surface area contributed by atoms with Gasteiger partial charge in [0.05, 0.1) is 12.9 Å². The van der Waals surface area contributed by atoms with Crippen molar-refractivity contribution in [1.29, 1.82) is 0 Å². The summed E-state index contributed by atoms with van der Waals surface area (Å²) in [4.78, 5) is 18.4. The van der Waals surface area contributed by atoms with Gasteiger partial charge in [0.1, 0.15) is 12.4 Å². The third kappa shape index (κ3) is 4.76. The van der Waals surface area contributed by atoms with Gasteiger partial charge in [-0.25, -0.2) is 4.98 Å². The zero-order valence-electron chi connectivity index (χ0n) is 15.8. The lowest BCUT2D eigenvalue weighted by Gasteiger charge is -2.19. The van der Waals surface area contributed by atoms with Crippen molar-refractivity contribution in [2.75, 3.05) is 19.7 Å². The Labute approximate surface area is 160 Å². The second-order valence-corrected chi connectivity index (χ2v) is 6.23. The summed E-state index contributed by atoms with van der Waals surface area (Å²) >= 11 is 0. The Morgan fingerprint density at radius 1 is 1.07 bits per heavy atom. The molecule has 0 bridgehead atoms. The molecule has 1 amide bonds. The number of benzene rings is 2. The number of nitrogens with zero attached hydrogens (tertiary/aromatic N) is 3. The Kier molecular flexibility index (Phi) is 6.26. The van der Waals surface area contributed by atoms with Crippen LogP contribution in [-0.2, 0) is 6.54 Å². The second-order valence-electron chi connectivity index (χ2n) is 6.23. The largest absolute Gasteiger partial charge is 0.492 e. The number of ether oxygens (including phenoxy) is 1. The number of hydrogen-bond acceptors (Lipinski definition) is 3. The third-order valence-electron chi connectivity index (χ3n) is 4.53. The molecule has 2 aromatic carbocycles. The van der Waals surface area contributed by atoms with E-state index >= 15 is 0 Å². The summed E-state index contributed by atoms with van der Waals surface area (Å²) in [5, 5.41) is 0. The molecule has 3 rings (SSSR count). The lowest BCUT2D eigenvalue weighted by Crippen LogP contribution is -2.30. The van der Waals surface area contributed by atoms with Crippen LogP contribution in [0.25, 0.3) is 11.1 Å². The van der Waals surface area contributed by atoms with E-state index in [0.29, 0.717) is 19.7 Å². The molecule has 0 spiro atoms. The fourth-order valence-corrected chi connectivity index (χ4v) is 2.96. The van der Waals surface area contributed by atoms with E-state index in [-0.39, 0.29) is 5.91 Å². The molecule has 0 aliphatic heterocycles. The lowest BCUT2D eigenvalue weighted by atomic mass is 10.0. The number of amides is 1. The maximum absolute atomic E-state index is 12.6. The predicted molar refractivity (Wildman–Crippen MR) is 107 cm³/mol. The first kappa shape index (κ1) is 18.7. The molecular formula is C22H25N3O2. The minimum absolute atomic E-state index is 0.0707. The van der Waals surface area contributed by atoms with Crippen molar-refractivity contribution >= 4 is 5.91 Å². The number of carbonyl (C=O) groups excluding carboxylic acids is 1. The van der Waals surface area contributed by atoms with Gasteiger partial charge in [0.25, 0.3) is 5.91 Å². The number of imidazole rings is 1. The van der Waals surface area contributed by atoms with Crippen LogP contribution in [0.3, 0.4) is 0 Å². The average molecular weight is 363 g/mol. The van der Waals surface area contributed by atoms with Gasteiger partial charge in [-0.2, -0.15) is 0 Å². The summed E-state index contributed by atoms with van der Waals surface area (Å²) < 4.78 is 7.76. The molecule has 0 N–H and O–H groups in total. The molecule has 140 valence electrons. The molecule has 0 aliphatic carbocycles. The summed E-state index contributed by atoms with van der Waals surface area (Å²) in [5.41, 5.74) is 2.81. The van der Waals surface area contributed by atoms with Crippen LogP contribution in [0.1, 0.15) is 24.2 Å². The van der Waals surface area contributed by atoms with Crippen molar-refractivity contribution in [2.24, 2.45) is 0 Å². The minimum atomic E-state index is 0.0707. The van der Waals surface area contributed by atoms with Crippen molar-refractivity contribution in [3.63, 3.8) is 0 Å². The van der Waals surface area contributed by atoms with Crippen molar-refractivity contribution in [1.82, 2.24) is 14.5 Å². The highest BCUT2D eigenvalue weighted by molar-refractivity contribution is 5.95. The normalized spacial score (nSPS) is 10.6. The van der Waals surface area contributed by atoms with E-state index in [0.717, 1.165) is 29.0 Å². The summed E-state index contributed by atoms with van der Waals surface area (Å²) in [5.74, 6) is 0.899. The van der Waals surface area contributed by atoms with Gasteiger partial charge in [-0.1, -0.05) is 24.3 Å². The number of carbonyl (C=O) groups is 1. The summed E-state index contributed by atoms with van der Waals surface area (Å²) in [6, 6.07) is 15.7. The van der Waals surface area contributed by atoms with Crippen molar-refractivity contribution in [3.8, 4) is 16.9 Å². The SMILES string of the molecule is CCN(CC)C(=O)c1cccc(-c2ccc(OCCn3ccnc3)cc2)c1. The van der Waals surface area contributed by atoms with E-state index in [1.807, 2.05) is 78.0 Å². The molecule has 3 aromatic rings. The number of aromatic nitrogens is 2. The zero-order chi connectivity index (χ0) is 19.1. The monoisotopic (exact) mass is 363 g/mol. The third-order valence-corrected chi connectivity index (χ3v) is 4.53. The molecule has 1 aromatic heterocycles. The maximum atomic E-state index is 12.6.